The average Bonchev–Trinajstić information content (AvgIpc) is 2.87. The summed E-state index contributed by atoms with van der Waals surface area (Å²) in [4.78, 5) is 14.8. The second-order valence-electron chi connectivity index (χ2n) is 2.41. The van der Waals surface area contributed by atoms with Crippen LogP contribution in [0.4, 0.5) is 11.4 Å². The molecule has 0 radical (unpaired) electrons. The van der Waals surface area contributed by atoms with E-state index in [0.717, 1.165) is 5.69 Å². The normalized spacial score (nSPS) is 14.5. The van der Waals surface area contributed by atoms with Crippen LogP contribution < -0.4 is 5.06 Å². The SMILES string of the molecule is O=[N+]([O-])c1cccc(N2CO2)c1. The van der Waals surface area contributed by atoms with Crippen molar-refractivity contribution in [3.63, 3.8) is 0 Å². The molecule has 1 aliphatic heterocycles. The molecule has 0 unspecified atom stereocenters. The lowest BCUT2D eigenvalue weighted by Crippen LogP contribution is -1.92. The van der Waals surface area contributed by atoms with Crippen molar-refractivity contribution in [1.82, 2.24) is 0 Å². The summed E-state index contributed by atoms with van der Waals surface area (Å²) in [7, 11) is 0. The Morgan fingerprint density at radius 1 is 1.58 bits per heavy atom. The van der Waals surface area contributed by atoms with E-state index in [1.807, 2.05) is 0 Å². The summed E-state index contributed by atoms with van der Waals surface area (Å²) in [5.74, 6) is 0. The summed E-state index contributed by atoms with van der Waals surface area (Å²) in [5, 5.41) is 11.9. The van der Waals surface area contributed by atoms with E-state index in [0.29, 0.717) is 6.73 Å². The first-order valence-electron chi connectivity index (χ1n) is 3.42. The zero-order valence-corrected chi connectivity index (χ0v) is 6.14. The molecule has 1 saturated heterocycles. The van der Waals surface area contributed by atoms with Gasteiger partial charge in [0, 0.05) is 12.1 Å². The number of hydroxylamine groups is 1. The third-order valence-electron chi connectivity index (χ3n) is 1.59. The summed E-state index contributed by atoms with van der Waals surface area (Å²) in [5.41, 5.74) is 0.812. The van der Waals surface area contributed by atoms with Crippen molar-refractivity contribution in [1.29, 1.82) is 0 Å². The van der Waals surface area contributed by atoms with Crippen LogP contribution in [0.5, 0.6) is 0 Å². The zero-order valence-electron chi connectivity index (χ0n) is 6.14. The second kappa shape index (κ2) is 2.46. The van der Waals surface area contributed by atoms with Gasteiger partial charge in [-0.25, -0.2) is 9.90 Å². The van der Waals surface area contributed by atoms with Crippen LogP contribution in [-0.4, -0.2) is 11.7 Å². The van der Waals surface area contributed by atoms with Crippen LogP contribution in [0.1, 0.15) is 0 Å². The summed E-state index contributed by atoms with van der Waals surface area (Å²) in [6.07, 6.45) is 0. The molecule has 0 amide bonds. The fraction of sp³-hybridized carbons (Fsp3) is 0.143. The molecule has 1 heterocycles. The van der Waals surface area contributed by atoms with Crippen LogP contribution in [-0.2, 0) is 4.84 Å². The van der Waals surface area contributed by atoms with Gasteiger partial charge in [-0.1, -0.05) is 6.07 Å². The zero-order chi connectivity index (χ0) is 8.55. The summed E-state index contributed by atoms with van der Waals surface area (Å²) < 4.78 is 0. The predicted octanol–water partition coefficient (Wildman–Crippen LogP) is 1.30. The lowest BCUT2D eigenvalue weighted by molar-refractivity contribution is -0.384. The molecule has 1 aromatic rings. The Morgan fingerprint density at radius 3 is 2.92 bits per heavy atom. The number of anilines is 1. The molecule has 0 atom stereocenters. The molecular formula is C7H6N2O3. The minimum Gasteiger partial charge on any atom is -0.258 e. The minimum absolute atomic E-state index is 0.0861. The molecule has 0 aliphatic carbocycles. The van der Waals surface area contributed by atoms with E-state index in [1.54, 1.807) is 17.2 Å². The van der Waals surface area contributed by atoms with Gasteiger partial charge in [-0.3, -0.25) is 10.1 Å². The molecule has 0 bridgehead atoms. The molecule has 0 saturated carbocycles. The van der Waals surface area contributed by atoms with Gasteiger partial charge in [0.15, 0.2) is 6.73 Å². The Bertz CT molecular complexity index is 322. The van der Waals surface area contributed by atoms with Crippen LogP contribution in [0.25, 0.3) is 0 Å². The Morgan fingerprint density at radius 2 is 2.33 bits per heavy atom. The first kappa shape index (κ1) is 7.05. The number of rotatable bonds is 2. The first-order chi connectivity index (χ1) is 5.77. The van der Waals surface area contributed by atoms with Crippen molar-refractivity contribution in [2.45, 2.75) is 0 Å². The summed E-state index contributed by atoms with van der Waals surface area (Å²) >= 11 is 0. The van der Waals surface area contributed by atoms with Crippen LogP contribution in [0, 0.1) is 10.1 Å². The molecule has 1 fully saturated rings. The highest BCUT2D eigenvalue weighted by Gasteiger charge is 2.21. The molecule has 2 rings (SSSR count). The lowest BCUT2D eigenvalue weighted by Gasteiger charge is -1.96. The molecule has 0 N–H and O–H groups in total. The number of benzene rings is 1. The fourth-order valence-electron chi connectivity index (χ4n) is 0.940. The Kier molecular flexibility index (Phi) is 1.44. The monoisotopic (exact) mass is 166 g/mol. The van der Waals surface area contributed by atoms with E-state index in [9.17, 15) is 10.1 Å². The topological polar surface area (TPSA) is 58.7 Å². The van der Waals surface area contributed by atoms with E-state index >= 15 is 0 Å². The molecule has 12 heavy (non-hydrogen) atoms. The number of nitrogens with zero attached hydrogens (tertiary/aromatic N) is 2. The fourth-order valence-corrected chi connectivity index (χ4v) is 0.940. The van der Waals surface area contributed by atoms with Crippen molar-refractivity contribution in [2.75, 3.05) is 11.8 Å². The maximum absolute atomic E-state index is 10.3. The largest absolute Gasteiger partial charge is 0.271 e. The molecule has 1 aromatic carbocycles. The number of nitro groups is 1. The van der Waals surface area contributed by atoms with Gasteiger partial charge in [-0.05, 0) is 6.07 Å². The Hall–Kier alpha value is -1.62. The number of nitro benzene ring substituents is 1. The second-order valence-corrected chi connectivity index (χ2v) is 2.41. The number of non-ortho nitro benzene ring substituents is 1. The van der Waals surface area contributed by atoms with Gasteiger partial charge in [0.1, 0.15) is 0 Å². The van der Waals surface area contributed by atoms with Crippen LogP contribution in [0.15, 0.2) is 24.3 Å². The van der Waals surface area contributed by atoms with E-state index in [-0.39, 0.29) is 5.69 Å². The maximum Gasteiger partial charge on any atom is 0.271 e. The maximum atomic E-state index is 10.3. The van der Waals surface area contributed by atoms with Crippen LogP contribution in [0.2, 0.25) is 0 Å². The number of hydrogen-bond acceptors (Lipinski definition) is 4. The lowest BCUT2D eigenvalue weighted by atomic mass is 10.3. The third kappa shape index (κ3) is 1.22. The van der Waals surface area contributed by atoms with Crippen molar-refractivity contribution >= 4 is 11.4 Å². The summed E-state index contributed by atoms with van der Waals surface area (Å²) in [6.45, 7) is 0.515. The van der Waals surface area contributed by atoms with Crippen LogP contribution in [0.3, 0.4) is 0 Å². The number of hydrogen-bond donors (Lipinski definition) is 0. The standard InChI is InChI=1S/C7H6N2O3/c10-9(11)7-3-1-2-6(4-7)8-5-12-8/h1-4H,5H2. The molecule has 0 aromatic heterocycles. The molecule has 5 heteroatoms. The molecule has 0 spiro atoms. The minimum atomic E-state index is -0.424. The van der Waals surface area contributed by atoms with Gasteiger partial charge in [0.05, 0.1) is 10.6 Å². The van der Waals surface area contributed by atoms with E-state index in [4.69, 9.17) is 4.84 Å². The smallest absolute Gasteiger partial charge is 0.258 e. The molecular weight excluding hydrogens is 160 g/mol. The molecule has 1 aliphatic rings. The Balaban J connectivity index is 2.32. The van der Waals surface area contributed by atoms with Crippen molar-refractivity contribution in [2.24, 2.45) is 0 Å². The highest BCUT2D eigenvalue weighted by atomic mass is 16.8. The summed E-state index contributed by atoms with van der Waals surface area (Å²) in [6, 6.07) is 6.33. The van der Waals surface area contributed by atoms with Crippen molar-refractivity contribution < 1.29 is 9.76 Å². The van der Waals surface area contributed by atoms with Crippen LogP contribution >= 0.6 is 0 Å². The highest BCUT2D eigenvalue weighted by Crippen LogP contribution is 2.25. The quantitative estimate of drug-likeness (QED) is 0.377. The van der Waals surface area contributed by atoms with E-state index in [2.05, 4.69) is 0 Å². The highest BCUT2D eigenvalue weighted by molar-refractivity contribution is 5.52. The van der Waals surface area contributed by atoms with E-state index in [1.165, 1.54) is 12.1 Å². The van der Waals surface area contributed by atoms with Crippen molar-refractivity contribution in [3.05, 3.63) is 34.4 Å². The van der Waals surface area contributed by atoms with Gasteiger partial charge >= 0.3 is 0 Å². The molecule has 5 nitrogen and oxygen atoms in total. The van der Waals surface area contributed by atoms with Crippen molar-refractivity contribution in [3.8, 4) is 0 Å². The predicted molar refractivity (Wildman–Crippen MR) is 41.5 cm³/mol. The average molecular weight is 166 g/mol. The van der Waals surface area contributed by atoms with Gasteiger partial charge < -0.3 is 0 Å². The van der Waals surface area contributed by atoms with Gasteiger partial charge in [-0.2, -0.15) is 0 Å². The van der Waals surface area contributed by atoms with Gasteiger partial charge in [0.2, 0.25) is 0 Å². The third-order valence-corrected chi connectivity index (χ3v) is 1.59. The molecule has 62 valence electrons. The van der Waals surface area contributed by atoms with Gasteiger partial charge in [-0.15, -0.1) is 0 Å². The van der Waals surface area contributed by atoms with E-state index < -0.39 is 4.92 Å². The first-order valence-corrected chi connectivity index (χ1v) is 3.42. The Labute approximate surface area is 68.3 Å². The van der Waals surface area contributed by atoms with Gasteiger partial charge in [0.25, 0.3) is 5.69 Å².